The lowest BCUT2D eigenvalue weighted by atomic mass is 10.2. The van der Waals surface area contributed by atoms with Gasteiger partial charge in [0, 0.05) is 23.3 Å². The number of nitrogens with one attached hydrogen (secondary N) is 2. The van der Waals surface area contributed by atoms with Crippen LogP contribution in [0.2, 0.25) is 0 Å². The lowest BCUT2D eigenvalue weighted by Crippen LogP contribution is -2.46. The van der Waals surface area contributed by atoms with E-state index in [2.05, 4.69) is 23.3 Å². The average Bonchev–Trinajstić information content (AvgIpc) is 2.69. The van der Waals surface area contributed by atoms with Gasteiger partial charge < -0.3 is 0 Å². The molecule has 4 nitrogen and oxygen atoms in total. The summed E-state index contributed by atoms with van der Waals surface area (Å²) in [4.78, 5) is 22.8. The van der Waals surface area contributed by atoms with Crippen molar-refractivity contribution >= 4 is 36.2 Å². The first-order valence-corrected chi connectivity index (χ1v) is 6.20. The summed E-state index contributed by atoms with van der Waals surface area (Å²) in [5.41, 5.74) is 0. The van der Waals surface area contributed by atoms with Gasteiger partial charge in [-0.25, -0.2) is 0 Å². The normalized spacial score (nSPS) is 23.1. The Bertz CT molecular complexity index is 229. The number of carbonyl (C=O) groups is 2. The highest BCUT2D eigenvalue weighted by atomic mass is 32.2. The summed E-state index contributed by atoms with van der Waals surface area (Å²) in [7, 11) is 0. The van der Waals surface area contributed by atoms with E-state index in [0.29, 0.717) is 5.75 Å². The topological polar surface area (TPSA) is 58.2 Å². The second kappa shape index (κ2) is 5.63. The van der Waals surface area contributed by atoms with Gasteiger partial charge in [-0.05, 0) is 0 Å². The predicted octanol–water partition coefficient (Wildman–Crippen LogP) is -0.142. The van der Waals surface area contributed by atoms with Crippen molar-refractivity contribution in [2.24, 2.45) is 5.92 Å². The molecule has 6 heteroatoms. The van der Waals surface area contributed by atoms with Gasteiger partial charge >= 0.3 is 0 Å². The van der Waals surface area contributed by atoms with Gasteiger partial charge in [0.25, 0.3) is 0 Å². The Balaban J connectivity index is 2.35. The molecule has 0 aromatic carbocycles. The largest absolute Gasteiger partial charge is 0.296 e. The van der Waals surface area contributed by atoms with E-state index in [9.17, 15) is 9.59 Å². The Labute approximate surface area is 93.0 Å². The fourth-order valence-electron chi connectivity index (χ4n) is 0.978. The molecule has 2 atom stereocenters. The minimum Gasteiger partial charge on any atom is -0.296 e. The lowest BCUT2D eigenvalue weighted by molar-refractivity contribution is -0.132. The zero-order chi connectivity index (χ0) is 10.6. The van der Waals surface area contributed by atoms with Gasteiger partial charge in [0.1, 0.15) is 0 Å². The third kappa shape index (κ3) is 3.18. The van der Waals surface area contributed by atoms with Gasteiger partial charge in [-0.1, -0.05) is 6.92 Å². The minimum atomic E-state index is -0.247. The highest BCUT2D eigenvalue weighted by Crippen LogP contribution is 2.09. The van der Waals surface area contributed by atoms with Crippen LogP contribution in [0.1, 0.15) is 6.92 Å². The molecule has 1 saturated heterocycles. The summed E-state index contributed by atoms with van der Waals surface area (Å²) in [5.74, 6) is 1.25. The van der Waals surface area contributed by atoms with E-state index in [1.807, 2.05) is 0 Å². The maximum atomic E-state index is 11.4. The minimum absolute atomic E-state index is 0.226. The molecule has 14 heavy (non-hydrogen) atoms. The predicted molar refractivity (Wildman–Crippen MR) is 60.4 cm³/mol. The van der Waals surface area contributed by atoms with Crippen LogP contribution in [0.4, 0.5) is 0 Å². The number of thiol groups is 1. The molecule has 0 radical (unpaired) electrons. The van der Waals surface area contributed by atoms with Crippen LogP contribution < -0.4 is 10.6 Å². The Morgan fingerprint density at radius 1 is 1.71 bits per heavy atom. The van der Waals surface area contributed by atoms with Crippen LogP contribution in [0.15, 0.2) is 0 Å². The summed E-state index contributed by atoms with van der Waals surface area (Å²) in [6, 6.07) is -0.226. The van der Waals surface area contributed by atoms with Crippen molar-refractivity contribution < 1.29 is 9.59 Å². The van der Waals surface area contributed by atoms with E-state index in [1.54, 1.807) is 18.7 Å². The van der Waals surface area contributed by atoms with Crippen molar-refractivity contribution in [1.82, 2.24) is 10.6 Å². The van der Waals surface area contributed by atoms with Gasteiger partial charge in [-0.3, -0.25) is 20.2 Å². The molecule has 0 saturated carbocycles. The smallest absolute Gasteiger partial charge is 0.244 e. The third-order valence-electron chi connectivity index (χ3n) is 2.00. The van der Waals surface area contributed by atoms with Crippen LogP contribution >= 0.6 is 24.4 Å². The van der Waals surface area contributed by atoms with Crippen LogP contribution in [0.3, 0.4) is 0 Å². The van der Waals surface area contributed by atoms with Crippen molar-refractivity contribution in [3.63, 3.8) is 0 Å². The van der Waals surface area contributed by atoms with Crippen molar-refractivity contribution in [2.75, 3.05) is 17.4 Å². The maximum absolute atomic E-state index is 11.4. The quantitative estimate of drug-likeness (QED) is 0.595. The molecule has 0 spiro atoms. The first-order chi connectivity index (χ1) is 6.65. The molecule has 0 aromatic rings. The number of carbonyl (C=O) groups excluding carboxylic acids is 2. The second-order valence-corrected chi connectivity index (χ2v) is 4.60. The van der Waals surface area contributed by atoms with Gasteiger partial charge in [0.15, 0.2) is 0 Å². The fourth-order valence-corrected chi connectivity index (χ4v) is 2.09. The fraction of sp³-hybridized carbons (Fsp3) is 0.750. The van der Waals surface area contributed by atoms with E-state index < -0.39 is 0 Å². The Kier molecular flexibility index (Phi) is 4.77. The molecule has 1 heterocycles. The molecule has 0 bridgehead atoms. The van der Waals surface area contributed by atoms with Crippen molar-refractivity contribution in [1.29, 1.82) is 0 Å². The van der Waals surface area contributed by atoms with Gasteiger partial charge in [0.05, 0.1) is 6.04 Å². The summed E-state index contributed by atoms with van der Waals surface area (Å²) >= 11 is 5.65. The summed E-state index contributed by atoms with van der Waals surface area (Å²) in [6.45, 7) is 1.74. The summed E-state index contributed by atoms with van der Waals surface area (Å²) < 4.78 is 0. The summed E-state index contributed by atoms with van der Waals surface area (Å²) in [6.07, 6.45) is 0. The molecule has 2 N–H and O–H groups in total. The van der Waals surface area contributed by atoms with Crippen LogP contribution in [0.5, 0.6) is 0 Å². The molecule has 2 unspecified atom stereocenters. The number of rotatable bonds is 3. The van der Waals surface area contributed by atoms with Crippen LogP contribution in [-0.2, 0) is 9.59 Å². The van der Waals surface area contributed by atoms with Crippen molar-refractivity contribution in [3.05, 3.63) is 0 Å². The van der Waals surface area contributed by atoms with E-state index in [4.69, 9.17) is 0 Å². The Hall–Kier alpha value is -0.200. The standard InChI is InChI=1S/C8H14N2O2S2/c1-5(2-13)7(11)10-8(12)6-3-14-4-9-6/h5-6,9,13H,2-4H2,1H3,(H,10,11,12). The molecule has 1 aliphatic rings. The van der Waals surface area contributed by atoms with Crippen LogP contribution in [0.25, 0.3) is 0 Å². The SMILES string of the molecule is CC(CS)C(=O)NC(=O)C1CSCN1. The second-order valence-electron chi connectivity index (χ2n) is 3.21. The van der Waals surface area contributed by atoms with Crippen molar-refractivity contribution in [3.8, 4) is 0 Å². The summed E-state index contributed by atoms with van der Waals surface area (Å²) in [5, 5.41) is 5.37. The molecular formula is C8H14N2O2S2. The zero-order valence-corrected chi connectivity index (χ0v) is 9.66. The Morgan fingerprint density at radius 3 is 2.93 bits per heavy atom. The van der Waals surface area contributed by atoms with Crippen molar-refractivity contribution in [2.45, 2.75) is 13.0 Å². The molecule has 1 fully saturated rings. The molecule has 2 amide bonds. The van der Waals surface area contributed by atoms with Gasteiger partial charge in [0.2, 0.25) is 11.8 Å². The third-order valence-corrected chi connectivity index (χ3v) is 3.49. The molecule has 0 aliphatic carbocycles. The number of hydrogen-bond donors (Lipinski definition) is 3. The lowest BCUT2D eigenvalue weighted by Gasteiger charge is -2.11. The Morgan fingerprint density at radius 2 is 2.43 bits per heavy atom. The molecule has 80 valence electrons. The average molecular weight is 234 g/mol. The van der Waals surface area contributed by atoms with Crippen LogP contribution in [-0.4, -0.2) is 35.2 Å². The first kappa shape index (κ1) is 11.9. The monoisotopic (exact) mass is 234 g/mol. The van der Waals surface area contributed by atoms with Gasteiger partial charge in [-0.2, -0.15) is 12.6 Å². The van der Waals surface area contributed by atoms with E-state index in [-0.39, 0.29) is 23.8 Å². The number of hydrogen-bond acceptors (Lipinski definition) is 5. The van der Waals surface area contributed by atoms with Gasteiger partial charge in [-0.15, -0.1) is 11.8 Å². The highest BCUT2D eigenvalue weighted by molar-refractivity contribution is 7.99. The number of imide groups is 1. The van der Waals surface area contributed by atoms with E-state index in [1.165, 1.54) is 0 Å². The highest BCUT2D eigenvalue weighted by Gasteiger charge is 2.25. The molecule has 1 aliphatic heterocycles. The van der Waals surface area contributed by atoms with Crippen LogP contribution in [0, 0.1) is 5.92 Å². The molecule has 1 rings (SSSR count). The number of thioether (sulfide) groups is 1. The zero-order valence-electron chi connectivity index (χ0n) is 7.95. The number of amides is 2. The maximum Gasteiger partial charge on any atom is 0.244 e. The first-order valence-electron chi connectivity index (χ1n) is 4.42. The van der Waals surface area contributed by atoms with E-state index in [0.717, 1.165) is 11.6 Å². The molecular weight excluding hydrogens is 220 g/mol. The van der Waals surface area contributed by atoms with E-state index >= 15 is 0 Å². The molecule has 0 aromatic heterocycles.